The van der Waals surface area contributed by atoms with E-state index in [9.17, 15) is 0 Å². The third kappa shape index (κ3) is 10.3. The fourth-order valence-corrected chi connectivity index (χ4v) is 17.7. The first-order valence-corrected chi connectivity index (χ1v) is 35.0. The van der Waals surface area contributed by atoms with E-state index in [1.807, 2.05) is 0 Å². The van der Waals surface area contributed by atoms with Crippen LogP contribution in [0.5, 0.6) is 0 Å². The summed E-state index contributed by atoms with van der Waals surface area (Å²) in [4.78, 5) is 0. The second kappa shape index (κ2) is 25.2. The van der Waals surface area contributed by atoms with Gasteiger partial charge in [-0.25, -0.2) is 0 Å². The van der Waals surface area contributed by atoms with Gasteiger partial charge in [0.05, 0.1) is 10.8 Å². The maximum absolute atomic E-state index is 2.40. The van der Waals surface area contributed by atoms with Crippen molar-refractivity contribution in [3.8, 4) is 66.8 Å². The molecule has 99 heavy (non-hydrogen) atoms. The molecule has 0 unspecified atom stereocenters. The highest BCUT2D eigenvalue weighted by molar-refractivity contribution is 5.95. The van der Waals surface area contributed by atoms with Gasteiger partial charge in [0.25, 0.3) is 0 Å². The fourth-order valence-electron chi connectivity index (χ4n) is 17.7. The van der Waals surface area contributed by atoms with Crippen LogP contribution < -0.4 is 0 Å². The fraction of sp³-hybridized carbons (Fsp3) is 0.152. The Labute approximate surface area is 588 Å². The summed E-state index contributed by atoms with van der Waals surface area (Å²) in [5, 5.41) is 0. The van der Waals surface area contributed by atoms with Crippen LogP contribution in [0.25, 0.3) is 66.8 Å². The summed E-state index contributed by atoms with van der Waals surface area (Å²) in [6, 6.07) is 118. The number of fused-ring (bicyclic) bond motifs is 22. The second-order valence-electron chi connectivity index (χ2n) is 28.9. The van der Waals surface area contributed by atoms with E-state index in [1.165, 1.54) is 172 Å². The maximum atomic E-state index is 2.40. The van der Waals surface area contributed by atoms with Gasteiger partial charge < -0.3 is 0 Å². The number of hydrogen-bond donors (Lipinski definition) is 0. The SMILES string of the molecule is C.Cc1ccc2c(c1)-c1ccccc1C2.Cc1ccc2c(c1)-c1ccccc1C2(C)C.Cc1ccc2c(c1)C(C)(C)c1ccccc1-2.Cc1ccc2c(c1)C(c1ccccc1)(c1ccccc1)c1ccccc1-2.Cc1ccc2c(c1)C1(c3ccccc3-c3ccccc31)c1ccccc1-2. The highest BCUT2D eigenvalue weighted by atomic mass is 14.5. The number of aryl methyl sites for hydroxylation is 5. The normalized spacial score (nSPS) is 14.3. The Morgan fingerprint density at radius 2 is 0.465 bits per heavy atom. The molecule has 1 spiro atoms. The molecule has 0 aromatic heterocycles. The molecule has 20 rings (SSSR count). The van der Waals surface area contributed by atoms with Crippen molar-refractivity contribution in [1.29, 1.82) is 0 Å². The first kappa shape index (κ1) is 64.1. The summed E-state index contributed by atoms with van der Waals surface area (Å²) in [6.07, 6.45) is 1.10. The zero-order valence-electron chi connectivity index (χ0n) is 57.8. The van der Waals surface area contributed by atoms with Crippen LogP contribution in [0.2, 0.25) is 0 Å². The van der Waals surface area contributed by atoms with Crippen LogP contribution in [-0.2, 0) is 28.1 Å². The zero-order chi connectivity index (χ0) is 67.1. The van der Waals surface area contributed by atoms with E-state index in [0.29, 0.717) is 0 Å². The average molecular weight is 1280 g/mol. The van der Waals surface area contributed by atoms with Crippen LogP contribution in [0.15, 0.2) is 322 Å². The third-order valence-corrected chi connectivity index (χ3v) is 22.2. The Kier molecular flexibility index (Phi) is 16.3. The van der Waals surface area contributed by atoms with Crippen molar-refractivity contribution in [1.82, 2.24) is 0 Å². The molecule has 14 aromatic rings. The van der Waals surface area contributed by atoms with E-state index in [1.54, 1.807) is 0 Å². The molecule has 0 saturated carbocycles. The zero-order valence-corrected chi connectivity index (χ0v) is 57.8. The molecule has 0 heterocycles. The van der Waals surface area contributed by atoms with Crippen molar-refractivity contribution in [3.63, 3.8) is 0 Å². The molecule has 0 saturated heterocycles. The van der Waals surface area contributed by atoms with Crippen LogP contribution in [0, 0.1) is 34.6 Å². The van der Waals surface area contributed by atoms with E-state index < -0.39 is 0 Å². The molecule has 6 aliphatic carbocycles. The van der Waals surface area contributed by atoms with Gasteiger partial charge in [-0.3, -0.25) is 0 Å². The Morgan fingerprint density at radius 3 is 0.929 bits per heavy atom. The summed E-state index contributed by atoms with van der Waals surface area (Å²) >= 11 is 0. The predicted molar refractivity (Wildman–Crippen MR) is 420 cm³/mol. The standard InChI is InChI=1S/C26H18.C26H20.2C16H16.C14H12.CH4/c1-17-14-15-21-20-10-4-7-13-24(20)26(25(21)16-17)22-11-5-2-8-18(22)19-9-3-6-12-23(19)26;1-19-16-17-23-22-14-8-9-15-24(22)26(25(23)18-19,20-10-4-2-5-11-20)21-12-6-3-7-13-21;1-11-8-9-15-13(10-11)12-6-4-5-7-14(12)16(15,2)3;1-11-8-9-13-12-6-4-5-7-14(12)16(2,3)15(13)10-11;1-10-6-7-12-9-11-4-2-3-5-13(11)14(12)8-10;/h2-16H,1H3;2-18H,1H3;2*4-10H,1-3H3;2-8H,9H2,1H3;1H4. The average Bonchev–Trinajstić information content (AvgIpc) is 1.52. The van der Waals surface area contributed by atoms with Gasteiger partial charge in [0, 0.05) is 10.8 Å². The molecule has 6 aliphatic rings. The molecule has 14 aromatic carbocycles. The van der Waals surface area contributed by atoms with Crippen molar-refractivity contribution in [2.75, 3.05) is 0 Å². The lowest BCUT2D eigenvalue weighted by atomic mass is 9.67. The monoisotopic (exact) mass is 1270 g/mol. The largest absolute Gasteiger partial charge is 0.0776 e. The van der Waals surface area contributed by atoms with Crippen LogP contribution in [0.1, 0.15) is 141 Å². The second-order valence-corrected chi connectivity index (χ2v) is 28.9. The lowest BCUT2D eigenvalue weighted by Gasteiger charge is -2.34. The van der Waals surface area contributed by atoms with Crippen LogP contribution in [-0.4, -0.2) is 0 Å². The number of hydrogen-bond acceptors (Lipinski definition) is 0. The molecule has 0 bridgehead atoms. The lowest BCUT2D eigenvalue weighted by molar-refractivity contribution is 0.660. The molecule has 0 radical (unpaired) electrons. The molecular weight excluding hydrogens is 1190 g/mol. The van der Waals surface area contributed by atoms with Crippen molar-refractivity contribution < 1.29 is 0 Å². The topological polar surface area (TPSA) is 0 Å². The summed E-state index contributed by atoms with van der Waals surface area (Å²) in [7, 11) is 0. The minimum absolute atomic E-state index is 0. The van der Waals surface area contributed by atoms with Crippen LogP contribution in [0.3, 0.4) is 0 Å². The van der Waals surface area contributed by atoms with Crippen molar-refractivity contribution in [2.24, 2.45) is 0 Å². The summed E-state index contributed by atoms with van der Waals surface area (Å²) in [5.74, 6) is 0. The minimum Gasteiger partial charge on any atom is -0.0776 e. The van der Waals surface area contributed by atoms with E-state index >= 15 is 0 Å². The highest BCUT2D eigenvalue weighted by Crippen LogP contribution is 2.63. The first-order chi connectivity index (χ1) is 47.7. The molecule has 0 nitrogen and oxygen atoms in total. The van der Waals surface area contributed by atoms with Gasteiger partial charge in [-0.2, -0.15) is 0 Å². The summed E-state index contributed by atoms with van der Waals surface area (Å²) < 4.78 is 0. The third-order valence-electron chi connectivity index (χ3n) is 22.2. The molecule has 0 heteroatoms. The van der Waals surface area contributed by atoms with E-state index in [-0.39, 0.29) is 29.1 Å². The molecular formula is C99H86. The van der Waals surface area contributed by atoms with Crippen LogP contribution in [0.4, 0.5) is 0 Å². The maximum Gasteiger partial charge on any atom is 0.0725 e. The van der Waals surface area contributed by atoms with E-state index in [4.69, 9.17) is 0 Å². The molecule has 0 aliphatic heterocycles. The predicted octanol–water partition coefficient (Wildman–Crippen LogP) is 25.5. The summed E-state index contributed by atoms with van der Waals surface area (Å²) in [5.41, 5.74) is 43.0. The number of benzene rings is 14. The summed E-state index contributed by atoms with van der Waals surface area (Å²) in [6.45, 7) is 20.1. The smallest absolute Gasteiger partial charge is 0.0725 e. The minimum atomic E-state index is -0.263. The lowest BCUT2D eigenvalue weighted by Crippen LogP contribution is -2.28. The Morgan fingerprint density at radius 1 is 0.192 bits per heavy atom. The number of rotatable bonds is 2. The molecule has 0 atom stereocenters. The van der Waals surface area contributed by atoms with Crippen molar-refractivity contribution in [3.05, 3.63) is 427 Å². The van der Waals surface area contributed by atoms with Crippen molar-refractivity contribution >= 4 is 0 Å². The molecule has 0 N–H and O–H groups in total. The van der Waals surface area contributed by atoms with Gasteiger partial charge >= 0.3 is 0 Å². The Hall–Kier alpha value is -10.9. The van der Waals surface area contributed by atoms with Gasteiger partial charge in [0.1, 0.15) is 0 Å². The Balaban J connectivity index is 0.000000103. The highest BCUT2D eigenvalue weighted by Gasteiger charge is 2.52. The van der Waals surface area contributed by atoms with E-state index in [2.05, 4.69) is 384 Å². The first-order valence-electron chi connectivity index (χ1n) is 35.0. The van der Waals surface area contributed by atoms with Gasteiger partial charge in [-0.15, -0.1) is 0 Å². The quantitative estimate of drug-likeness (QED) is 0.162. The van der Waals surface area contributed by atoms with Crippen LogP contribution >= 0.6 is 0 Å². The Bertz CT molecular complexity index is 5210. The molecule has 0 amide bonds. The van der Waals surface area contributed by atoms with Crippen molar-refractivity contribution in [2.45, 2.75) is 97.8 Å². The van der Waals surface area contributed by atoms with Gasteiger partial charge in [-0.05, 0) is 186 Å². The van der Waals surface area contributed by atoms with Gasteiger partial charge in [-0.1, -0.05) is 384 Å². The van der Waals surface area contributed by atoms with E-state index in [0.717, 1.165) is 6.42 Å². The molecule has 0 fully saturated rings. The molecule has 482 valence electrons. The van der Waals surface area contributed by atoms with Gasteiger partial charge in [0.2, 0.25) is 0 Å². The van der Waals surface area contributed by atoms with Gasteiger partial charge in [0.15, 0.2) is 0 Å².